The summed E-state index contributed by atoms with van der Waals surface area (Å²) in [4.78, 5) is 8.53. The Kier molecular flexibility index (Phi) is 5.31. The van der Waals surface area contributed by atoms with Gasteiger partial charge in [-0.25, -0.2) is 0 Å². The van der Waals surface area contributed by atoms with E-state index >= 15 is 0 Å². The second kappa shape index (κ2) is 6.99. The maximum Gasteiger partial charge on any atom is 0.229 e. The normalized spacial score (nSPS) is 17.6. The van der Waals surface area contributed by atoms with Gasteiger partial charge in [0.15, 0.2) is 0 Å². The predicted molar refractivity (Wildman–Crippen MR) is 79.9 cm³/mol. The van der Waals surface area contributed by atoms with Crippen LogP contribution in [0.2, 0.25) is 0 Å². The fourth-order valence-electron chi connectivity index (χ4n) is 2.13. The van der Waals surface area contributed by atoms with E-state index in [1.165, 1.54) is 0 Å². The highest BCUT2D eigenvalue weighted by atomic mass is 32.2. The molecule has 1 fully saturated rings. The number of rotatable bonds is 6. The molecule has 1 aromatic rings. The lowest BCUT2D eigenvalue weighted by molar-refractivity contribution is -0.00562. The molecule has 1 saturated heterocycles. The number of anilines is 1. The Morgan fingerprint density at radius 3 is 2.25 bits per heavy atom. The van der Waals surface area contributed by atoms with Crippen LogP contribution in [0, 0.1) is 0 Å². The molecule has 1 aromatic heterocycles. The summed E-state index contributed by atoms with van der Waals surface area (Å²) in [6, 6.07) is 1.65. The predicted octanol–water partition coefficient (Wildman–Crippen LogP) is 1.82. The Balaban J connectivity index is 2.05. The zero-order chi connectivity index (χ0) is 14.4. The largest absolute Gasteiger partial charge is 0.481 e. The molecule has 0 saturated carbocycles. The zero-order valence-electron chi connectivity index (χ0n) is 12.1. The molecule has 6 nitrogen and oxygen atoms in total. The molecule has 2 rings (SSSR count). The SMILES string of the molecule is COc1cc(OC)nc(NCC2(OC)CCSCC2)n1. The summed E-state index contributed by atoms with van der Waals surface area (Å²) in [5.41, 5.74) is -0.134. The first-order valence-electron chi connectivity index (χ1n) is 6.55. The summed E-state index contributed by atoms with van der Waals surface area (Å²) in [5, 5.41) is 3.24. The summed E-state index contributed by atoms with van der Waals surface area (Å²) in [6.45, 7) is 0.681. The fourth-order valence-corrected chi connectivity index (χ4v) is 3.37. The molecule has 0 amide bonds. The van der Waals surface area contributed by atoms with Gasteiger partial charge in [-0.05, 0) is 24.3 Å². The molecular formula is C13H21N3O3S. The lowest BCUT2D eigenvalue weighted by atomic mass is 9.96. The van der Waals surface area contributed by atoms with Crippen LogP contribution in [0.1, 0.15) is 12.8 Å². The molecule has 20 heavy (non-hydrogen) atoms. The number of nitrogens with one attached hydrogen (secondary N) is 1. The molecule has 0 aliphatic carbocycles. The third-order valence-electron chi connectivity index (χ3n) is 3.50. The average Bonchev–Trinajstić information content (AvgIpc) is 2.53. The number of hydrogen-bond donors (Lipinski definition) is 1. The molecule has 0 aromatic carbocycles. The van der Waals surface area contributed by atoms with Gasteiger partial charge in [0, 0.05) is 13.7 Å². The van der Waals surface area contributed by atoms with E-state index in [4.69, 9.17) is 14.2 Å². The monoisotopic (exact) mass is 299 g/mol. The van der Waals surface area contributed by atoms with E-state index in [2.05, 4.69) is 15.3 Å². The van der Waals surface area contributed by atoms with Crippen LogP contribution in [0.25, 0.3) is 0 Å². The maximum absolute atomic E-state index is 5.72. The molecule has 1 N–H and O–H groups in total. The van der Waals surface area contributed by atoms with Crippen molar-refractivity contribution in [1.29, 1.82) is 0 Å². The molecule has 2 heterocycles. The number of hydrogen-bond acceptors (Lipinski definition) is 7. The first-order chi connectivity index (χ1) is 9.71. The van der Waals surface area contributed by atoms with Gasteiger partial charge in [-0.15, -0.1) is 0 Å². The molecule has 0 radical (unpaired) electrons. The van der Waals surface area contributed by atoms with Crippen LogP contribution in [0.4, 0.5) is 5.95 Å². The molecule has 0 bridgehead atoms. The number of aromatic nitrogens is 2. The van der Waals surface area contributed by atoms with Crippen LogP contribution in [0.5, 0.6) is 11.8 Å². The molecule has 1 aliphatic heterocycles. The van der Waals surface area contributed by atoms with Gasteiger partial charge in [0.25, 0.3) is 0 Å². The van der Waals surface area contributed by atoms with Gasteiger partial charge in [0.05, 0.1) is 25.9 Å². The number of thioether (sulfide) groups is 1. The van der Waals surface area contributed by atoms with Gasteiger partial charge < -0.3 is 19.5 Å². The topological polar surface area (TPSA) is 65.5 Å². The van der Waals surface area contributed by atoms with Crippen molar-refractivity contribution in [2.75, 3.05) is 44.7 Å². The van der Waals surface area contributed by atoms with Crippen LogP contribution in [-0.4, -0.2) is 54.9 Å². The van der Waals surface area contributed by atoms with E-state index < -0.39 is 0 Å². The Bertz CT molecular complexity index is 417. The third-order valence-corrected chi connectivity index (χ3v) is 4.49. The lowest BCUT2D eigenvalue weighted by Crippen LogP contribution is -2.42. The lowest BCUT2D eigenvalue weighted by Gasteiger charge is -2.35. The minimum Gasteiger partial charge on any atom is -0.481 e. The molecule has 7 heteroatoms. The first-order valence-corrected chi connectivity index (χ1v) is 7.71. The van der Waals surface area contributed by atoms with E-state index in [0.717, 1.165) is 24.3 Å². The van der Waals surface area contributed by atoms with Crippen LogP contribution in [-0.2, 0) is 4.74 Å². The van der Waals surface area contributed by atoms with E-state index in [9.17, 15) is 0 Å². The van der Waals surface area contributed by atoms with E-state index in [1.54, 1.807) is 27.4 Å². The van der Waals surface area contributed by atoms with Crippen LogP contribution < -0.4 is 14.8 Å². The third kappa shape index (κ3) is 3.67. The van der Waals surface area contributed by atoms with Crippen molar-refractivity contribution >= 4 is 17.7 Å². The Morgan fingerprint density at radius 2 is 1.75 bits per heavy atom. The summed E-state index contributed by atoms with van der Waals surface area (Å²) in [5.74, 6) is 3.70. The minimum absolute atomic E-state index is 0.134. The molecule has 0 atom stereocenters. The highest BCUT2D eigenvalue weighted by Crippen LogP contribution is 2.30. The number of nitrogens with zero attached hydrogens (tertiary/aromatic N) is 2. The molecule has 112 valence electrons. The second-order valence-corrected chi connectivity index (χ2v) is 5.85. The quantitative estimate of drug-likeness (QED) is 0.859. The van der Waals surface area contributed by atoms with Crippen molar-refractivity contribution in [3.05, 3.63) is 6.07 Å². The summed E-state index contributed by atoms with van der Waals surface area (Å²) >= 11 is 1.97. The molecule has 0 spiro atoms. The highest BCUT2D eigenvalue weighted by molar-refractivity contribution is 7.99. The van der Waals surface area contributed by atoms with Crippen molar-refractivity contribution < 1.29 is 14.2 Å². The minimum atomic E-state index is -0.134. The van der Waals surface area contributed by atoms with Crippen molar-refractivity contribution in [3.63, 3.8) is 0 Å². The van der Waals surface area contributed by atoms with Gasteiger partial charge in [-0.2, -0.15) is 21.7 Å². The number of ether oxygens (including phenoxy) is 3. The fraction of sp³-hybridized carbons (Fsp3) is 0.692. The van der Waals surface area contributed by atoms with Gasteiger partial charge in [-0.1, -0.05) is 0 Å². The standard InChI is InChI=1S/C13H21N3O3S/c1-17-10-8-11(18-2)16-12(15-10)14-9-13(19-3)4-6-20-7-5-13/h8H,4-7,9H2,1-3H3,(H,14,15,16). The van der Waals surface area contributed by atoms with Gasteiger partial charge in [0.2, 0.25) is 17.7 Å². The molecule has 0 unspecified atom stereocenters. The maximum atomic E-state index is 5.72. The summed E-state index contributed by atoms with van der Waals surface area (Å²) in [7, 11) is 4.91. The van der Waals surface area contributed by atoms with Crippen molar-refractivity contribution in [3.8, 4) is 11.8 Å². The van der Waals surface area contributed by atoms with Gasteiger partial charge >= 0.3 is 0 Å². The Hall–Kier alpha value is -1.21. The smallest absolute Gasteiger partial charge is 0.229 e. The van der Waals surface area contributed by atoms with E-state index in [0.29, 0.717) is 24.3 Å². The van der Waals surface area contributed by atoms with Crippen LogP contribution >= 0.6 is 11.8 Å². The Labute approximate surface area is 123 Å². The summed E-state index contributed by atoms with van der Waals surface area (Å²) < 4.78 is 16.0. The van der Waals surface area contributed by atoms with Crippen molar-refractivity contribution in [2.45, 2.75) is 18.4 Å². The number of methoxy groups -OCH3 is 3. The summed E-state index contributed by atoms with van der Waals surface area (Å²) in [6.07, 6.45) is 2.06. The van der Waals surface area contributed by atoms with E-state index in [-0.39, 0.29) is 5.60 Å². The molecule has 1 aliphatic rings. The molecular weight excluding hydrogens is 278 g/mol. The van der Waals surface area contributed by atoms with Crippen molar-refractivity contribution in [2.24, 2.45) is 0 Å². The van der Waals surface area contributed by atoms with Gasteiger partial charge in [0.1, 0.15) is 0 Å². The van der Waals surface area contributed by atoms with Crippen LogP contribution in [0.3, 0.4) is 0 Å². The van der Waals surface area contributed by atoms with Crippen molar-refractivity contribution in [1.82, 2.24) is 9.97 Å². The van der Waals surface area contributed by atoms with Crippen LogP contribution in [0.15, 0.2) is 6.07 Å². The average molecular weight is 299 g/mol. The zero-order valence-corrected chi connectivity index (χ0v) is 13.0. The Morgan fingerprint density at radius 1 is 1.15 bits per heavy atom. The van der Waals surface area contributed by atoms with E-state index in [1.807, 2.05) is 11.8 Å². The highest BCUT2D eigenvalue weighted by Gasteiger charge is 2.32. The second-order valence-electron chi connectivity index (χ2n) is 4.63. The first kappa shape index (κ1) is 15.2. The van der Waals surface area contributed by atoms with Gasteiger partial charge in [-0.3, -0.25) is 0 Å².